The van der Waals surface area contributed by atoms with Crippen LogP contribution in [0.4, 0.5) is 0 Å². The van der Waals surface area contributed by atoms with E-state index >= 15 is 0 Å². The van der Waals surface area contributed by atoms with Gasteiger partial charge in [-0.05, 0) is 30.3 Å². The molecule has 2 aromatic carbocycles. The molecule has 0 aromatic heterocycles. The molecule has 46 heavy (non-hydrogen) atoms. The summed E-state index contributed by atoms with van der Waals surface area (Å²) < 4.78 is 49.5. The average molecular weight is 655 g/mol. The molecule has 0 amide bonds. The molecule has 6 heterocycles. The first-order valence-corrected chi connectivity index (χ1v) is 14.0. The van der Waals surface area contributed by atoms with Crippen LogP contribution in [0.25, 0.3) is 0 Å². The maximum Gasteiger partial charge on any atom is 0.338 e. The molecule has 0 radical (unpaired) electrons. The lowest BCUT2D eigenvalue weighted by Crippen LogP contribution is -2.60. The van der Waals surface area contributed by atoms with E-state index < -0.39 is 86.6 Å². The Hall–Kier alpha value is -3.94. The number of ether oxygens (including phenoxy) is 9. The lowest BCUT2D eigenvalue weighted by atomic mass is 9.99. The standard InChI is InChI=1S/C29H34O17/c1-38-14-6-11-4-5-13(14)43-28-23(34)21(32)19(30)17(44-28)10-42-27(37)12-7-15(39-2)25(16(8-12)40-3)46-29-24(35)22(33)20(31)18(45-29)9-41-26(11)36/h4-8,17-24,28-35H,9-10H2,1-3H3. The molecule has 6 N–H and O–H groups in total. The minimum absolute atomic E-state index is 0.0112. The van der Waals surface area contributed by atoms with Gasteiger partial charge in [-0.15, -0.1) is 0 Å². The second kappa shape index (κ2) is 13.8. The third-order valence-electron chi connectivity index (χ3n) is 7.67. The summed E-state index contributed by atoms with van der Waals surface area (Å²) in [5.41, 5.74) is -0.151. The highest BCUT2D eigenvalue weighted by Crippen LogP contribution is 2.41. The van der Waals surface area contributed by atoms with E-state index in [1.165, 1.54) is 51.7 Å². The molecule has 0 spiro atoms. The lowest BCUT2D eigenvalue weighted by Gasteiger charge is -2.40. The van der Waals surface area contributed by atoms with Crippen LogP contribution in [0.5, 0.6) is 28.7 Å². The van der Waals surface area contributed by atoms with Crippen molar-refractivity contribution in [2.75, 3.05) is 34.5 Å². The molecule has 8 rings (SSSR count). The Labute approximate surface area is 261 Å². The summed E-state index contributed by atoms with van der Waals surface area (Å²) >= 11 is 0. The van der Waals surface area contributed by atoms with Crippen molar-refractivity contribution >= 4 is 11.9 Å². The van der Waals surface area contributed by atoms with E-state index in [1.807, 2.05) is 0 Å². The van der Waals surface area contributed by atoms with Gasteiger partial charge in [-0.1, -0.05) is 0 Å². The number of aliphatic hydroxyl groups excluding tert-OH is 6. The molecule has 10 atom stereocenters. The molecular weight excluding hydrogens is 620 g/mol. The van der Waals surface area contributed by atoms with Crippen molar-refractivity contribution in [2.45, 2.75) is 61.4 Å². The molecular formula is C29H34O17. The van der Waals surface area contributed by atoms with Crippen LogP contribution in [0.2, 0.25) is 0 Å². The van der Waals surface area contributed by atoms with Gasteiger partial charge in [-0.25, -0.2) is 9.59 Å². The number of methoxy groups -OCH3 is 3. The predicted molar refractivity (Wildman–Crippen MR) is 148 cm³/mol. The highest BCUT2D eigenvalue weighted by atomic mass is 16.7. The second-order valence-electron chi connectivity index (χ2n) is 10.5. The van der Waals surface area contributed by atoms with Crippen LogP contribution in [0.15, 0.2) is 30.3 Å². The van der Waals surface area contributed by atoms with Gasteiger partial charge in [0.1, 0.15) is 62.0 Å². The Morgan fingerprint density at radius 1 is 0.587 bits per heavy atom. The Balaban J connectivity index is 1.52. The monoisotopic (exact) mass is 654 g/mol. The van der Waals surface area contributed by atoms with Gasteiger partial charge in [-0.2, -0.15) is 0 Å². The summed E-state index contributed by atoms with van der Waals surface area (Å²) in [4.78, 5) is 26.0. The molecule has 17 heteroatoms. The first-order chi connectivity index (χ1) is 22.0. The van der Waals surface area contributed by atoms with E-state index in [1.54, 1.807) is 0 Å². The van der Waals surface area contributed by atoms with Gasteiger partial charge in [0.2, 0.25) is 18.3 Å². The minimum Gasteiger partial charge on any atom is -0.493 e. The quantitative estimate of drug-likeness (QED) is 0.198. The number of hydrogen-bond donors (Lipinski definition) is 6. The van der Waals surface area contributed by atoms with Crippen LogP contribution in [0.3, 0.4) is 0 Å². The van der Waals surface area contributed by atoms with Crippen molar-refractivity contribution in [2.24, 2.45) is 0 Å². The van der Waals surface area contributed by atoms with E-state index in [4.69, 9.17) is 42.6 Å². The van der Waals surface area contributed by atoms with Crippen molar-refractivity contribution in [3.63, 3.8) is 0 Å². The molecule has 2 fully saturated rings. The van der Waals surface area contributed by atoms with Crippen LogP contribution in [0, 0.1) is 0 Å². The van der Waals surface area contributed by atoms with E-state index in [9.17, 15) is 40.2 Å². The third kappa shape index (κ3) is 6.49. The van der Waals surface area contributed by atoms with Crippen LogP contribution in [0.1, 0.15) is 20.7 Å². The molecule has 0 saturated carbocycles. The first kappa shape index (κ1) is 33.4. The number of aliphatic hydroxyl groups is 6. The molecule has 10 unspecified atom stereocenters. The Morgan fingerprint density at radius 2 is 1.04 bits per heavy atom. The highest BCUT2D eigenvalue weighted by molar-refractivity contribution is 5.91. The van der Waals surface area contributed by atoms with Crippen LogP contribution in [-0.2, 0) is 18.9 Å². The molecule has 0 aliphatic carbocycles. The van der Waals surface area contributed by atoms with Gasteiger partial charge >= 0.3 is 11.9 Å². The Morgan fingerprint density at radius 3 is 1.54 bits per heavy atom. The van der Waals surface area contributed by atoms with Crippen molar-refractivity contribution < 1.29 is 82.9 Å². The lowest BCUT2D eigenvalue weighted by molar-refractivity contribution is -0.277. The zero-order chi connectivity index (χ0) is 33.3. The topological polar surface area (TPSA) is 239 Å². The summed E-state index contributed by atoms with van der Waals surface area (Å²) in [7, 11) is 3.77. The smallest absolute Gasteiger partial charge is 0.338 e. The first-order valence-electron chi connectivity index (χ1n) is 14.0. The fraction of sp³-hybridized carbons (Fsp3) is 0.517. The van der Waals surface area contributed by atoms with Crippen LogP contribution >= 0.6 is 0 Å². The van der Waals surface area contributed by atoms with Gasteiger partial charge in [0.25, 0.3) is 0 Å². The summed E-state index contributed by atoms with van der Waals surface area (Å²) in [6.07, 6.45) is -16.4. The van der Waals surface area contributed by atoms with Crippen LogP contribution in [-0.4, -0.2) is 139 Å². The SMILES string of the molecule is COc1cc2ccc1OC1OC(COC(=O)c3cc(OC)c(c(OC)c3)OC3OC(COC2=O)C(O)C(O)C3O)C(O)C(O)C1O. The minimum atomic E-state index is -1.79. The molecule has 2 saturated heterocycles. The number of hydrogen-bond acceptors (Lipinski definition) is 17. The number of carbonyl (C=O) groups excluding carboxylic acids is 2. The molecule has 8 bridgehead atoms. The molecule has 6 aliphatic rings. The van der Waals surface area contributed by atoms with Crippen molar-refractivity contribution in [3.8, 4) is 28.7 Å². The normalized spacial score (nSPS) is 33.3. The van der Waals surface area contributed by atoms with Gasteiger partial charge in [0.15, 0.2) is 23.0 Å². The zero-order valence-corrected chi connectivity index (χ0v) is 24.7. The summed E-state index contributed by atoms with van der Waals surface area (Å²) in [6, 6.07) is 6.25. The maximum atomic E-state index is 13.1. The van der Waals surface area contributed by atoms with E-state index in [0.717, 1.165) is 0 Å². The number of benzene rings is 2. The Bertz CT molecular complexity index is 1390. The van der Waals surface area contributed by atoms with E-state index in [-0.39, 0.29) is 39.9 Å². The second-order valence-corrected chi connectivity index (χ2v) is 10.5. The fourth-order valence-electron chi connectivity index (χ4n) is 5.03. The highest BCUT2D eigenvalue weighted by Gasteiger charge is 2.47. The van der Waals surface area contributed by atoms with Gasteiger partial charge in [0, 0.05) is 0 Å². The molecule has 2 aromatic rings. The largest absolute Gasteiger partial charge is 0.493 e. The van der Waals surface area contributed by atoms with Crippen LogP contribution < -0.4 is 23.7 Å². The van der Waals surface area contributed by atoms with E-state index in [0.29, 0.717) is 0 Å². The zero-order valence-electron chi connectivity index (χ0n) is 24.7. The number of carbonyl (C=O) groups is 2. The van der Waals surface area contributed by atoms with Gasteiger partial charge in [-0.3, -0.25) is 0 Å². The third-order valence-corrected chi connectivity index (χ3v) is 7.67. The Kier molecular flexibility index (Phi) is 10.0. The molecule has 252 valence electrons. The fourth-order valence-corrected chi connectivity index (χ4v) is 5.03. The van der Waals surface area contributed by atoms with Crippen molar-refractivity contribution in [3.05, 3.63) is 41.5 Å². The van der Waals surface area contributed by atoms with Crippen molar-refractivity contribution in [1.29, 1.82) is 0 Å². The maximum absolute atomic E-state index is 13.1. The van der Waals surface area contributed by atoms with Crippen molar-refractivity contribution in [1.82, 2.24) is 0 Å². The summed E-state index contributed by atoms with van der Waals surface area (Å²) in [5.74, 6) is -2.23. The molecule has 6 aliphatic heterocycles. The number of rotatable bonds is 3. The van der Waals surface area contributed by atoms with Gasteiger partial charge < -0.3 is 73.3 Å². The van der Waals surface area contributed by atoms with Gasteiger partial charge in [0.05, 0.1) is 32.5 Å². The van der Waals surface area contributed by atoms with E-state index in [2.05, 4.69) is 0 Å². The number of esters is 2. The predicted octanol–water partition coefficient (Wildman–Crippen LogP) is -1.89. The summed E-state index contributed by atoms with van der Waals surface area (Å²) in [6.45, 7) is -1.19. The molecule has 17 nitrogen and oxygen atoms in total. The summed E-state index contributed by atoms with van der Waals surface area (Å²) in [5, 5.41) is 63.3. The average Bonchev–Trinajstić information content (AvgIpc) is 3.06.